The van der Waals surface area contributed by atoms with E-state index in [0.29, 0.717) is 15.6 Å². The maximum Gasteiger partial charge on any atom is 0.371 e. The van der Waals surface area contributed by atoms with Crippen LogP contribution in [0, 0.1) is 0 Å². The van der Waals surface area contributed by atoms with Gasteiger partial charge in [-0.3, -0.25) is 4.79 Å². The van der Waals surface area contributed by atoms with Crippen LogP contribution in [0.5, 0.6) is 5.75 Å². The SMILES string of the molecule is O=C(O)c1cc(=O)c(OCc2c(Cl)cccc2Cl)co1. The summed E-state index contributed by atoms with van der Waals surface area (Å²) >= 11 is 11.9. The highest BCUT2D eigenvalue weighted by Gasteiger charge is 2.12. The van der Waals surface area contributed by atoms with Crippen LogP contribution < -0.4 is 10.2 Å². The van der Waals surface area contributed by atoms with Crippen LogP contribution in [-0.2, 0) is 6.61 Å². The van der Waals surface area contributed by atoms with Gasteiger partial charge in [0.05, 0.1) is 0 Å². The maximum absolute atomic E-state index is 11.6. The molecule has 0 aliphatic heterocycles. The van der Waals surface area contributed by atoms with E-state index in [1.807, 2.05) is 0 Å². The average Bonchev–Trinajstić information content (AvgIpc) is 2.39. The minimum Gasteiger partial charge on any atom is -0.482 e. The lowest BCUT2D eigenvalue weighted by Crippen LogP contribution is -2.10. The molecule has 1 N–H and O–H groups in total. The zero-order valence-electron chi connectivity index (χ0n) is 9.93. The molecule has 0 aliphatic carbocycles. The van der Waals surface area contributed by atoms with Crippen molar-refractivity contribution in [2.75, 3.05) is 0 Å². The van der Waals surface area contributed by atoms with Crippen LogP contribution in [0.1, 0.15) is 16.1 Å². The van der Waals surface area contributed by atoms with Crippen LogP contribution in [0.15, 0.2) is 39.7 Å². The Hall–Kier alpha value is -1.98. The van der Waals surface area contributed by atoms with Crippen molar-refractivity contribution in [3.63, 3.8) is 0 Å². The monoisotopic (exact) mass is 314 g/mol. The lowest BCUT2D eigenvalue weighted by molar-refractivity contribution is 0.0658. The lowest BCUT2D eigenvalue weighted by atomic mass is 10.2. The molecule has 104 valence electrons. The molecule has 5 nitrogen and oxygen atoms in total. The van der Waals surface area contributed by atoms with Gasteiger partial charge in [0.25, 0.3) is 0 Å². The Kier molecular flexibility index (Phi) is 4.32. The summed E-state index contributed by atoms with van der Waals surface area (Å²) in [5.74, 6) is -1.91. The lowest BCUT2D eigenvalue weighted by Gasteiger charge is -2.08. The third kappa shape index (κ3) is 3.12. The molecule has 0 spiro atoms. The van der Waals surface area contributed by atoms with Crippen LogP contribution in [0.25, 0.3) is 0 Å². The third-order valence-corrected chi connectivity index (χ3v) is 3.15. The van der Waals surface area contributed by atoms with Crippen LogP contribution in [0.4, 0.5) is 0 Å². The number of aromatic carboxylic acids is 1. The first kappa shape index (κ1) is 14.4. The molecular weight excluding hydrogens is 307 g/mol. The van der Waals surface area contributed by atoms with Crippen molar-refractivity contribution >= 4 is 29.2 Å². The molecule has 0 fully saturated rings. The highest BCUT2D eigenvalue weighted by molar-refractivity contribution is 6.35. The van der Waals surface area contributed by atoms with Gasteiger partial charge in [-0.1, -0.05) is 29.3 Å². The summed E-state index contributed by atoms with van der Waals surface area (Å²) in [5.41, 5.74) is -0.0747. The molecule has 7 heteroatoms. The molecule has 0 saturated heterocycles. The zero-order valence-corrected chi connectivity index (χ0v) is 11.4. The summed E-state index contributed by atoms with van der Waals surface area (Å²) in [5, 5.41) is 9.49. The fraction of sp³-hybridized carbons (Fsp3) is 0.0769. The molecule has 0 aliphatic rings. The summed E-state index contributed by atoms with van der Waals surface area (Å²) < 4.78 is 10.0. The molecule has 0 bridgehead atoms. The summed E-state index contributed by atoms with van der Waals surface area (Å²) in [7, 11) is 0. The van der Waals surface area contributed by atoms with E-state index in [2.05, 4.69) is 0 Å². The minimum atomic E-state index is -1.33. The van der Waals surface area contributed by atoms with Gasteiger partial charge >= 0.3 is 5.97 Å². The standard InChI is InChI=1S/C13H8Cl2O5/c14-8-2-1-3-9(15)7(8)5-19-12-6-20-11(13(17)18)4-10(12)16/h1-4,6H,5H2,(H,17,18). The first-order valence-corrected chi connectivity index (χ1v) is 6.16. The second-order valence-corrected chi connectivity index (χ2v) is 4.58. The Bertz CT molecular complexity index is 688. The molecule has 20 heavy (non-hydrogen) atoms. The summed E-state index contributed by atoms with van der Waals surface area (Å²) in [6.07, 6.45) is 0.941. The topological polar surface area (TPSA) is 76.7 Å². The van der Waals surface area contributed by atoms with E-state index in [4.69, 9.17) is 37.5 Å². The molecule has 2 rings (SSSR count). The smallest absolute Gasteiger partial charge is 0.371 e. The Labute approximate surface area is 123 Å². The first-order valence-electron chi connectivity index (χ1n) is 5.41. The third-order valence-electron chi connectivity index (χ3n) is 2.44. The van der Waals surface area contributed by atoms with Crippen molar-refractivity contribution in [3.8, 4) is 5.75 Å². The summed E-state index contributed by atoms with van der Waals surface area (Å²) in [4.78, 5) is 22.2. The van der Waals surface area contributed by atoms with Gasteiger partial charge in [-0.2, -0.15) is 0 Å². The van der Waals surface area contributed by atoms with Crippen LogP contribution in [-0.4, -0.2) is 11.1 Å². The number of benzene rings is 1. The highest BCUT2D eigenvalue weighted by Crippen LogP contribution is 2.25. The Morgan fingerprint density at radius 1 is 1.30 bits per heavy atom. The molecule has 0 unspecified atom stereocenters. The van der Waals surface area contributed by atoms with Gasteiger partial charge in [0.15, 0.2) is 0 Å². The average molecular weight is 315 g/mol. The molecule has 1 aromatic heterocycles. The van der Waals surface area contributed by atoms with Crippen molar-refractivity contribution in [1.29, 1.82) is 0 Å². The molecule has 2 aromatic rings. The van der Waals surface area contributed by atoms with E-state index in [-0.39, 0.29) is 12.4 Å². The predicted molar refractivity (Wildman–Crippen MR) is 72.7 cm³/mol. The number of hydrogen-bond acceptors (Lipinski definition) is 4. The largest absolute Gasteiger partial charge is 0.482 e. The minimum absolute atomic E-state index is 0.0321. The van der Waals surface area contributed by atoms with Crippen molar-refractivity contribution < 1.29 is 19.1 Å². The quantitative estimate of drug-likeness (QED) is 0.937. The number of ether oxygens (including phenoxy) is 1. The number of halogens is 2. The van der Waals surface area contributed by atoms with E-state index in [0.717, 1.165) is 12.3 Å². The zero-order chi connectivity index (χ0) is 14.7. The van der Waals surface area contributed by atoms with Gasteiger partial charge in [-0.05, 0) is 12.1 Å². The molecule has 0 atom stereocenters. The van der Waals surface area contributed by atoms with E-state index in [9.17, 15) is 9.59 Å². The van der Waals surface area contributed by atoms with Crippen LogP contribution >= 0.6 is 23.2 Å². The fourth-order valence-electron chi connectivity index (χ4n) is 1.44. The Morgan fingerprint density at radius 2 is 1.95 bits per heavy atom. The van der Waals surface area contributed by atoms with Gasteiger partial charge in [0.1, 0.15) is 12.9 Å². The number of carboxylic acid groups (broad SMARTS) is 1. The molecule has 0 amide bonds. The molecule has 0 radical (unpaired) electrons. The van der Waals surface area contributed by atoms with Crippen molar-refractivity contribution in [2.24, 2.45) is 0 Å². The van der Waals surface area contributed by atoms with Crippen molar-refractivity contribution in [2.45, 2.75) is 6.61 Å². The van der Waals surface area contributed by atoms with E-state index in [1.165, 1.54) is 0 Å². The van der Waals surface area contributed by atoms with Crippen molar-refractivity contribution in [3.05, 3.63) is 62.1 Å². The normalized spacial score (nSPS) is 10.3. The second kappa shape index (κ2) is 5.98. The number of carbonyl (C=O) groups is 1. The Balaban J connectivity index is 2.20. The van der Waals surface area contributed by atoms with E-state index in [1.54, 1.807) is 18.2 Å². The highest BCUT2D eigenvalue weighted by atomic mass is 35.5. The van der Waals surface area contributed by atoms with Gasteiger partial charge in [0.2, 0.25) is 16.9 Å². The summed E-state index contributed by atoms with van der Waals surface area (Å²) in [6, 6.07) is 5.81. The fourth-order valence-corrected chi connectivity index (χ4v) is 1.94. The molecular formula is C13H8Cl2O5. The molecule has 1 aromatic carbocycles. The van der Waals surface area contributed by atoms with Crippen molar-refractivity contribution in [1.82, 2.24) is 0 Å². The molecule has 0 saturated carbocycles. The van der Waals surface area contributed by atoms with Crippen LogP contribution in [0.2, 0.25) is 10.0 Å². The number of carboxylic acids is 1. The predicted octanol–water partition coefficient (Wildman–Crippen LogP) is 3.22. The van der Waals surface area contributed by atoms with Gasteiger partial charge in [-0.15, -0.1) is 0 Å². The van der Waals surface area contributed by atoms with Crippen LogP contribution in [0.3, 0.4) is 0 Å². The van der Waals surface area contributed by atoms with Gasteiger partial charge in [-0.25, -0.2) is 4.79 Å². The first-order chi connectivity index (χ1) is 9.49. The maximum atomic E-state index is 11.6. The van der Waals surface area contributed by atoms with E-state index >= 15 is 0 Å². The second-order valence-electron chi connectivity index (χ2n) is 3.77. The summed E-state index contributed by atoms with van der Waals surface area (Å²) in [6.45, 7) is -0.0321. The number of rotatable bonds is 4. The van der Waals surface area contributed by atoms with E-state index < -0.39 is 17.2 Å². The number of hydrogen-bond donors (Lipinski definition) is 1. The van der Waals surface area contributed by atoms with Gasteiger partial charge in [0, 0.05) is 21.7 Å². The Morgan fingerprint density at radius 3 is 2.50 bits per heavy atom. The molecule has 1 heterocycles. The van der Waals surface area contributed by atoms with Gasteiger partial charge < -0.3 is 14.3 Å².